The number of likely N-dealkylation sites (N-methyl/N-ethyl adjacent to an activating group) is 1. The second-order valence-electron chi connectivity index (χ2n) is 7.48. The molecule has 0 radical (unpaired) electrons. The van der Waals surface area contributed by atoms with Gasteiger partial charge in [0.1, 0.15) is 0 Å². The molecule has 0 bridgehead atoms. The largest absolute Gasteiger partial charge is 0.323 e. The zero-order valence-electron chi connectivity index (χ0n) is 16.1. The van der Waals surface area contributed by atoms with Gasteiger partial charge in [-0.15, -0.1) is 0 Å². The molecular formula is C19H28ClN3O3S. The molecule has 2 heterocycles. The van der Waals surface area contributed by atoms with Crippen LogP contribution in [0.1, 0.15) is 40.0 Å². The van der Waals surface area contributed by atoms with E-state index < -0.39 is 15.7 Å². The molecule has 1 aromatic rings. The maximum atomic E-state index is 12.9. The zero-order chi connectivity index (χ0) is 19.8. The molecule has 6 nitrogen and oxygen atoms in total. The highest BCUT2D eigenvalue weighted by Gasteiger charge is 2.52. The number of amides is 1. The lowest BCUT2D eigenvalue weighted by atomic mass is 9.96. The molecule has 0 aliphatic carbocycles. The van der Waals surface area contributed by atoms with Crippen molar-refractivity contribution in [1.29, 1.82) is 0 Å². The van der Waals surface area contributed by atoms with Crippen LogP contribution in [0.5, 0.6) is 0 Å². The van der Waals surface area contributed by atoms with E-state index in [1.807, 2.05) is 11.8 Å². The van der Waals surface area contributed by atoms with E-state index in [-0.39, 0.29) is 22.8 Å². The van der Waals surface area contributed by atoms with Crippen molar-refractivity contribution in [1.82, 2.24) is 14.5 Å². The number of hydrogen-bond donors (Lipinski definition) is 1. The molecule has 1 spiro atoms. The van der Waals surface area contributed by atoms with Gasteiger partial charge in [0.15, 0.2) is 0 Å². The minimum Gasteiger partial charge on any atom is -0.323 e. The van der Waals surface area contributed by atoms with Gasteiger partial charge in [0, 0.05) is 24.7 Å². The maximum absolute atomic E-state index is 12.9. The molecule has 0 unspecified atom stereocenters. The van der Waals surface area contributed by atoms with Crippen molar-refractivity contribution in [3.63, 3.8) is 0 Å². The summed E-state index contributed by atoms with van der Waals surface area (Å²) in [6.07, 6.45) is 2.10. The number of piperidine rings is 1. The minimum atomic E-state index is -3.55. The topological polar surface area (TPSA) is 69.7 Å². The molecule has 0 aromatic heterocycles. The molecular weight excluding hydrogens is 386 g/mol. The van der Waals surface area contributed by atoms with E-state index in [2.05, 4.69) is 19.2 Å². The SMILES string of the molecule is CC[C@H](C)[C@H]1NC2(CCN(S(=O)(=O)c3ccc(Cl)cc3)CC2)N(CC)C1=O. The van der Waals surface area contributed by atoms with Gasteiger partial charge >= 0.3 is 0 Å². The van der Waals surface area contributed by atoms with Gasteiger partial charge < -0.3 is 4.90 Å². The van der Waals surface area contributed by atoms with Crippen molar-refractivity contribution in [3.8, 4) is 0 Å². The lowest BCUT2D eigenvalue weighted by Gasteiger charge is -2.44. The van der Waals surface area contributed by atoms with Crippen LogP contribution in [0, 0.1) is 5.92 Å². The monoisotopic (exact) mass is 413 g/mol. The van der Waals surface area contributed by atoms with Gasteiger partial charge in [0.05, 0.1) is 16.6 Å². The Morgan fingerprint density at radius 2 is 1.81 bits per heavy atom. The second kappa shape index (κ2) is 7.70. The van der Waals surface area contributed by atoms with E-state index in [0.29, 0.717) is 37.5 Å². The van der Waals surface area contributed by atoms with Gasteiger partial charge in [0.25, 0.3) is 0 Å². The minimum absolute atomic E-state index is 0.140. The van der Waals surface area contributed by atoms with Gasteiger partial charge in [-0.05, 0) is 49.9 Å². The number of carbonyl (C=O) groups excluding carboxylic acids is 1. The molecule has 8 heteroatoms. The van der Waals surface area contributed by atoms with Crippen LogP contribution in [0.2, 0.25) is 5.02 Å². The fraction of sp³-hybridized carbons (Fsp3) is 0.632. The number of nitrogens with one attached hydrogen (secondary N) is 1. The molecule has 0 saturated carbocycles. The molecule has 2 aliphatic rings. The fourth-order valence-corrected chi connectivity index (χ4v) is 5.72. The molecule has 2 saturated heterocycles. The first kappa shape index (κ1) is 20.6. The summed E-state index contributed by atoms with van der Waals surface area (Å²) in [6, 6.07) is 6.07. The van der Waals surface area contributed by atoms with Crippen LogP contribution >= 0.6 is 11.6 Å². The third-order valence-electron chi connectivity index (χ3n) is 6.00. The maximum Gasteiger partial charge on any atom is 0.243 e. The highest BCUT2D eigenvalue weighted by Crippen LogP contribution is 2.36. The Kier molecular flexibility index (Phi) is 5.87. The number of hydrogen-bond acceptors (Lipinski definition) is 4. The Morgan fingerprint density at radius 1 is 1.22 bits per heavy atom. The Balaban J connectivity index is 1.77. The molecule has 2 atom stereocenters. The van der Waals surface area contributed by atoms with E-state index >= 15 is 0 Å². The standard InChI is InChI=1S/C19H28ClN3O3S/c1-4-14(3)17-18(24)23(5-2)19(21-17)10-12-22(13-11-19)27(25,26)16-8-6-15(20)7-9-16/h6-9,14,17,21H,4-5,10-13H2,1-3H3/t14-,17+/m0/s1. The van der Waals surface area contributed by atoms with E-state index in [1.165, 1.54) is 16.4 Å². The Morgan fingerprint density at radius 3 is 2.33 bits per heavy atom. The van der Waals surface area contributed by atoms with Gasteiger partial charge in [0.2, 0.25) is 15.9 Å². The van der Waals surface area contributed by atoms with Crippen LogP contribution in [0.15, 0.2) is 29.2 Å². The number of benzene rings is 1. The number of halogens is 1. The van der Waals surface area contributed by atoms with Crippen LogP contribution in [-0.2, 0) is 14.8 Å². The number of carbonyl (C=O) groups is 1. The first-order valence-corrected chi connectivity index (χ1v) is 11.4. The smallest absolute Gasteiger partial charge is 0.243 e. The number of sulfonamides is 1. The average Bonchev–Trinajstić information content (AvgIpc) is 2.93. The Hall–Kier alpha value is -1.15. The van der Waals surface area contributed by atoms with Crippen LogP contribution in [-0.4, -0.2) is 54.9 Å². The molecule has 2 aliphatic heterocycles. The van der Waals surface area contributed by atoms with Crippen molar-refractivity contribution >= 4 is 27.5 Å². The molecule has 1 amide bonds. The Labute approximate surface area is 166 Å². The molecule has 1 N–H and O–H groups in total. The quantitative estimate of drug-likeness (QED) is 0.805. The van der Waals surface area contributed by atoms with Crippen molar-refractivity contribution in [2.75, 3.05) is 19.6 Å². The predicted molar refractivity (Wildman–Crippen MR) is 106 cm³/mol. The summed E-state index contributed by atoms with van der Waals surface area (Å²) in [5.41, 5.74) is -0.439. The third-order valence-corrected chi connectivity index (χ3v) is 8.17. The highest BCUT2D eigenvalue weighted by atomic mass is 35.5. The van der Waals surface area contributed by atoms with Gasteiger partial charge in [-0.2, -0.15) is 4.31 Å². The van der Waals surface area contributed by atoms with Crippen LogP contribution in [0.25, 0.3) is 0 Å². The molecule has 1 aromatic carbocycles. The van der Waals surface area contributed by atoms with E-state index in [0.717, 1.165) is 6.42 Å². The molecule has 2 fully saturated rings. The van der Waals surface area contributed by atoms with Gasteiger partial charge in [-0.3, -0.25) is 10.1 Å². The van der Waals surface area contributed by atoms with Gasteiger partial charge in [-0.25, -0.2) is 8.42 Å². The van der Waals surface area contributed by atoms with Gasteiger partial charge in [-0.1, -0.05) is 31.9 Å². The van der Waals surface area contributed by atoms with Crippen LogP contribution in [0.3, 0.4) is 0 Å². The summed E-state index contributed by atoms with van der Waals surface area (Å²) < 4.78 is 27.3. The molecule has 27 heavy (non-hydrogen) atoms. The summed E-state index contributed by atoms with van der Waals surface area (Å²) in [6.45, 7) is 7.55. The van der Waals surface area contributed by atoms with Crippen molar-refractivity contribution in [2.45, 2.75) is 56.6 Å². The molecule has 3 rings (SSSR count). The summed E-state index contributed by atoms with van der Waals surface area (Å²) in [5.74, 6) is 0.391. The predicted octanol–water partition coefficient (Wildman–Crippen LogP) is 2.69. The summed E-state index contributed by atoms with van der Waals surface area (Å²) >= 11 is 5.87. The lowest BCUT2D eigenvalue weighted by molar-refractivity contribution is -0.133. The Bertz CT molecular complexity index is 789. The summed E-state index contributed by atoms with van der Waals surface area (Å²) in [7, 11) is -3.55. The number of nitrogens with zero attached hydrogens (tertiary/aromatic N) is 2. The van der Waals surface area contributed by atoms with Crippen LogP contribution < -0.4 is 5.32 Å². The molecule has 150 valence electrons. The first-order chi connectivity index (χ1) is 12.7. The first-order valence-electron chi connectivity index (χ1n) is 9.60. The van der Waals surface area contributed by atoms with E-state index in [1.54, 1.807) is 12.1 Å². The average molecular weight is 414 g/mol. The number of rotatable bonds is 5. The van der Waals surface area contributed by atoms with Crippen LogP contribution in [0.4, 0.5) is 0 Å². The fourth-order valence-electron chi connectivity index (χ4n) is 4.15. The lowest BCUT2D eigenvalue weighted by Crippen LogP contribution is -2.59. The normalized spacial score (nSPS) is 24.5. The highest BCUT2D eigenvalue weighted by molar-refractivity contribution is 7.89. The van der Waals surface area contributed by atoms with E-state index in [4.69, 9.17) is 11.6 Å². The summed E-state index contributed by atoms with van der Waals surface area (Å²) in [5, 5.41) is 4.07. The summed E-state index contributed by atoms with van der Waals surface area (Å²) in [4.78, 5) is 15.0. The van der Waals surface area contributed by atoms with Crippen molar-refractivity contribution < 1.29 is 13.2 Å². The van der Waals surface area contributed by atoms with Crippen molar-refractivity contribution in [2.24, 2.45) is 5.92 Å². The van der Waals surface area contributed by atoms with E-state index in [9.17, 15) is 13.2 Å². The second-order valence-corrected chi connectivity index (χ2v) is 9.85. The zero-order valence-corrected chi connectivity index (χ0v) is 17.7. The van der Waals surface area contributed by atoms with Crippen molar-refractivity contribution in [3.05, 3.63) is 29.3 Å². The third kappa shape index (κ3) is 3.62.